The summed E-state index contributed by atoms with van der Waals surface area (Å²) in [7, 11) is -3.20. The Balaban J connectivity index is 2.00. The van der Waals surface area contributed by atoms with Gasteiger partial charge < -0.3 is 4.74 Å². The Bertz CT molecular complexity index is 743. The highest BCUT2D eigenvalue weighted by atomic mass is 32.2. The molecule has 0 atom stereocenters. The third-order valence-corrected chi connectivity index (χ3v) is 5.59. The summed E-state index contributed by atoms with van der Waals surface area (Å²) in [6, 6.07) is 2.84. The fourth-order valence-electron chi connectivity index (χ4n) is 2.39. The number of rotatable bonds is 4. The van der Waals surface area contributed by atoms with Crippen molar-refractivity contribution in [2.24, 2.45) is 0 Å². The van der Waals surface area contributed by atoms with Gasteiger partial charge in [0.1, 0.15) is 11.6 Å². The van der Waals surface area contributed by atoms with Gasteiger partial charge in [-0.2, -0.15) is 4.31 Å². The summed E-state index contributed by atoms with van der Waals surface area (Å²) in [4.78, 5) is 23.2. The van der Waals surface area contributed by atoms with Crippen molar-refractivity contribution in [3.63, 3.8) is 0 Å². The molecule has 25 heavy (non-hydrogen) atoms. The lowest BCUT2D eigenvalue weighted by Crippen LogP contribution is -2.51. The lowest BCUT2D eigenvalue weighted by Gasteiger charge is -2.33. The minimum Gasteiger partial charge on any atom is -0.453 e. The van der Waals surface area contributed by atoms with Crippen LogP contribution in [0.15, 0.2) is 23.1 Å². The quantitative estimate of drug-likeness (QED) is 0.803. The van der Waals surface area contributed by atoms with E-state index in [1.54, 1.807) is 4.90 Å². The van der Waals surface area contributed by atoms with Crippen LogP contribution >= 0.6 is 0 Å². The Morgan fingerprint density at radius 1 is 1.16 bits per heavy atom. The van der Waals surface area contributed by atoms with Gasteiger partial charge >= 0.3 is 6.09 Å². The van der Waals surface area contributed by atoms with Crippen molar-refractivity contribution >= 4 is 22.0 Å². The summed E-state index contributed by atoms with van der Waals surface area (Å²) in [6.45, 7) is 0.133. The van der Waals surface area contributed by atoms with Crippen LogP contribution in [0.25, 0.3) is 0 Å². The number of imide groups is 1. The van der Waals surface area contributed by atoms with E-state index in [2.05, 4.69) is 4.74 Å². The van der Waals surface area contributed by atoms with Gasteiger partial charge in [0, 0.05) is 26.2 Å². The monoisotopic (exact) mass is 377 g/mol. The van der Waals surface area contributed by atoms with Gasteiger partial charge in [0.15, 0.2) is 4.90 Å². The molecule has 0 aromatic heterocycles. The van der Waals surface area contributed by atoms with E-state index in [0.717, 1.165) is 29.6 Å². The molecule has 0 radical (unpaired) electrons. The number of benzene rings is 1. The number of hydrogen-bond acceptors (Lipinski definition) is 6. The number of amides is 2. The summed E-state index contributed by atoms with van der Waals surface area (Å²) in [5.74, 6) is -2.90. The summed E-state index contributed by atoms with van der Waals surface area (Å²) in [5, 5.41) is 1.99. The molecule has 138 valence electrons. The van der Waals surface area contributed by atoms with Crippen LogP contribution in [-0.4, -0.2) is 69.5 Å². The highest BCUT2D eigenvalue weighted by Gasteiger charge is 2.33. The van der Waals surface area contributed by atoms with Crippen molar-refractivity contribution in [1.82, 2.24) is 14.5 Å². The predicted molar refractivity (Wildman–Crippen MR) is 82.1 cm³/mol. The number of halogens is 2. The zero-order chi connectivity index (χ0) is 18.6. The van der Waals surface area contributed by atoms with Crippen LogP contribution in [0, 0.1) is 11.6 Å². The Morgan fingerprint density at radius 3 is 2.24 bits per heavy atom. The molecule has 1 fully saturated rings. The zero-order valence-corrected chi connectivity index (χ0v) is 14.2. The van der Waals surface area contributed by atoms with Gasteiger partial charge in [-0.3, -0.25) is 15.0 Å². The van der Waals surface area contributed by atoms with Crippen molar-refractivity contribution in [1.29, 1.82) is 0 Å². The molecule has 1 saturated heterocycles. The van der Waals surface area contributed by atoms with Gasteiger partial charge in [-0.25, -0.2) is 22.0 Å². The first-order valence-corrected chi connectivity index (χ1v) is 8.74. The topological polar surface area (TPSA) is 96.0 Å². The van der Waals surface area contributed by atoms with Gasteiger partial charge in [-0.15, -0.1) is 0 Å². The van der Waals surface area contributed by atoms with E-state index in [4.69, 9.17) is 0 Å². The highest BCUT2D eigenvalue weighted by Crippen LogP contribution is 2.23. The first-order chi connectivity index (χ1) is 11.8. The molecule has 1 aliphatic heterocycles. The van der Waals surface area contributed by atoms with Gasteiger partial charge in [-0.1, -0.05) is 6.07 Å². The number of piperazine rings is 1. The zero-order valence-electron chi connectivity index (χ0n) is 13.4. The number of hydrogen-bond donors (Lipinski definition) is 1. The predicted octanol–water partition coefficient (Wildman–Crippen LogP) is 0.154. The lowest BCUT2D eigenvalue weighted by atomic mass is 10.3. The molecule has 0 saturated carbocycles. The molecular weight excluding hydrogens is 360 g/mol. The number of nitrogens with one attached hydrogen (secondary N) is 1. The van der Waals surface area contributed by atoms with E-state index in [0.29, 0.717) is 0 Å². The molecule has 1 aliphatic rings. The van der Waals surface area contributed by atoms with Crippen molar-refractivity contribution in [2.75, 3.05) is 39.8 Å². The average Bonchev–Trinajstić information content (AvgIpc) is 2.54. The Kier molecular flexibility index (Phi) is 6.03. The molecule has 1 aromatic rings. The van der Waals surface area contributed by atoms with Crippen LogP contribution in [0.1, 0.15) is 0 Å². The maximum absolute atomic E-state index is 13.8. The molecule has 0 spiro atoms. The van der Waals surface area contributed by atoms with Crippen LogP contribution in [0.5, 0.6) is 0 Å². The number of sulfonamides is 1. The van der Waals surface area contributed by atoms with Crippen molar-refractivity contribution in [3.8, 4) is 0 Å². The number of carbonyl (C=O) groups excluding carboxylic acids is 2. The Morgan fingerprint density at radius 2 is 1.72 bits per heavy atom. The first kappa shape index (κ1) is 19.2. The van der Waals surface area contributed by atoms with Crippen molar-refractivity contribution < 1.29 is 31.5 Å². The molecule has 0 aliphatic carbocycles. The Hall–Kier alpha value is -2.11. The molecule has 1 N–H and O–H groups in total. The van der Waals surface area contributed by atoms with E-state index < -0.39 is 38.6 Å². The summed E-state index contributed by atoms with van der Waals surface area (Å²) in [5.41, 5.74) is 0. The summed E-state index contributed by atoms with van der Waals surface area (Å²) >= 11 is 0. The molecular formula is C14H17F2N3O5S. The fraction of sp³-hybridized carbons (Fsp3) is 0.429. The molecule has 11 heteroatoms. The molecule has 2 amide bonds. The maximum Gasteiger partial charge on any atom is 0.413 e. The van der Waals surface area contributed by atoms with Crippen LogP contribution in [0.4, 0.5) is 13.6 Å². The van der Waals surface area contributed by atoms with Gasteiger partial charge in [-0.05, 0) is 12.1 Å². The summed E-state index contributed by atoms with van der Waals surface area (Å²) in [6.07, 6.45) is -0.888. The van der Waals surface area contributed by atoms with Crippen LogP contribution < -0.4 is 5.32 Å². The van der Waals surface area contributed by atoms with Gasteiger partial charge in [0.2, 0.25) is 15.9 Å². The maximum atomic E-state index is 13.8. The second-order valence-corrected chi connectivity index (χ2v) is 7.15. The van der Waals surface area contributed by atoms with Gasteiger partial charge in [0.25, 0.3) is 0 Å². The van der Waals surface area contributed by atoms with E-state index in [9.17, 15) is 26.8 Å². The lowest BCUT2D eigenvalue weighted by molar-refractivity contribution is -0.121. The van der Waals surface area contributed by atoms with Crippen LogP contribution in [0.3, 0.4) is 0 Å². The second kappa shape index (κ2) is 7.85. The molecule has 0 unspecified atom stereocenters. The largest absolute Gasteiger partial charge is 0.453 e. The molecule has 1 aromatic carbocycles. The van der Waals surface area contributed by atoms with E-state index in [-0.39, 0.29) is 32.7 Å². The number of ether oxygens (including phenoxy) is 1. The number of alkyl carbamates (subject to hydrolysis) is 1. The number of nitrogens with zero attached hydrogens (tertiary/aromatic N) is 2. The fourth-order valence-corrected chi connectivity index (χ4v) is 3.92. The minimum absolute atomic E-state index is 0.0401. The van der Waals surface area contributed by atoms with Crippen LogP contribution in [0.2, 0.25) is 0 Å². The molecule has 1 heterocycles. The molecule has 8 nitrogen and oxygen atoms in total. The smallest absolute Gasteiger partial charge is 0.413 e. The third kappa shape index (κ3) is 4.50. The average molecular weight is 377 g/mol. The highest BCUT2D eigenvalue weighted by molar-refractivity contribution is 7.89. The second-order valence-electron chi connectivity index (χ2n) is 5.27. The van der Waals surface area contributed by atoms with Crippen LogP contribution in [-0.2, 0) is 19.6 Å². The number of carbonyl (C=O) groups is 2. The third-order valence-electron chi connectivity index (χ3n) is 3.64. The standard InChI is InChI=1S/C14H17F2N3O5S/c1-24-14(21)17-12(20)9-18-5-7-19(8-6-18)25(22,23)13-10(15)3-2-4-11(13)16/h2-4H,5-9H2,1H3,(H,17,20,21). The molecule has 2 rings (SSSR count). The number of methoxy groups -OCH3 is 1. The van der Waals surface area contributed by atoms with Gasteiger partial charge in [0.05, 0.1) is 13.7 Å². The minimum atomic E-state index is -4.32. The van der Waals surface area contributed by atoms with Crippen molar-refractivity contribution in [3.05, 3.63) is 29.8 Å². The van der Waals surface area contributed by atoms with E-state index >= 15 is 0 Å². The SMILES string of the molecule is COC(=O)NC(=O)CN1CCN(S(=O)(=O)c2c(F)cccc2F)CC1. The normalized spacial score (nSPS) is 16.4. The summed E-state index contributed by atoms with van der Waals surface area (Å²) < 4.78 is 57.6. The van der Waals surface area contributed by atoms with E-state index in [1.165, 1.54) is 0 Å². The van der Waals surface area contributed by atoms with Crippen molar-refractivity contribution in [2.45, 2.75) is 4.90 Å². The first-order valence-electron chi connectivity index (χ1n) is 7.30. The van der Waals surface area contributed by atoms with E-state index in [1.807, 2.05) is 5.32 Å². The Labute approximate surface area is 143 Å². The molecule has 0 bridgehead atoms.